The van der Waals surface area contributed by atoms with Crippen LogP contribution in [0.3, 0.4) is 0 Å². The van der Waals surface area contributed by atoms with Crippen molar-refractivity contribution in [2.24, 2.45) is 17.6 Å². The number of likely N-dealkylation sites (tertiary alicyclic amines) is 1. The standard InChI is InChI=1S/C12H24N2O2/c1-16-8-10(15)6-14-5-9-3-2-4-12(13)11(9)7-14/h9-12,15H,2-8,13H2,1H3. The van der Waals surface area contributed by atoms with E-state index in [0.29, 0.717) is 18.6 Å². The molecule has 2 fully saturated rings. The largest absolute Gasteiger partial charge is 0.389 e. The second-order valence-electron chi connectivity index (χ2n) is 5.35. The zero-order chi connectivity index (χ0) is 11.5. The van der Waals surface area contributed by atoms with Gasteiger partial charge in [-0.1, -0.05) is 6.42 Å². The average molecular weight is 228 g/mol. The topological polar surface area (TPSA) is 58.7 Å². The average Bonchev–Trinajstić information content (AvgIpc) is 2.62. The molecule has 0 spiro atoms. The molecule has 0 aromatic rings. The summed E-state index contributed by atoms with van der Waals surface area (Å²) in [5, 5.41) is 9.71. The highest BCUT2D eigenvalue weighted by atomic mass is 16.5. The molecule has 0 aromatic heterocycles. The lowest BCUT2D eigenvalue weighted by Gasteiger charge is -2.29. The van der Waals surface area contributed by atoms with Gasteiger partial charge in [-0.05, 0) is 24.7 Å². The molecule has 2 aliphatic rings. The molecule has 1 saturated heterocycles. The predicted octanol–water partition coefficient (Wildman–Crippen LogP) is 0.0529. The summed E-state index contributed by atoms with van der Waals surface area (Å²) in [5.74, 6) is 1.42. The van der Waals surface area contributed by atoms with Gasteiger partial charge >= 0.3 is 0 Å². The van der Waals surface area contributed by atoms with Crippen molar-refractivity contribution in [2.45, 2.75) is 31.4 Å². The number of β-amino-alcohol motifs (C(OH)–C–C–N with tert-alkyl or cyclic N) is 1. The SMILES string of the molecule is COCC(O)CN1CC2CCCC(N)C2C1. The van der Waals surface area contributed by atoms with E-state index in [0.717, 1.165) is 25.6 Å². The van der Waals surface area contributed by atoms with Gasteiger partial charge in [-0.25, -0.2) is 0 Å². The van der Waals surface area contributed by atoms with Crippen LogP contribution in [0.4, 0.5) is 0 Å². The van der Waals surface area contributed by atoms with Gasteiger partial charge in [-0.15, -0.1) is 0 Å². The number of ether oxygens (including phenoxy) is 1. The summed E-state index contributed by atoms with van der Waals surface area (Å²) in [7, 11) is 1.63. The maximum absolute atomic E-state index is 9.71. The number of rotatable bonds is 4. The van der Waals surface area contributed by atoms with Crippen LogP contribution in [0.25, 0.3) is 0 Å². The Hall–Kier alpha value is -0.160. The zero-order valence-electron chi connectivity index (χ0n) is 10.1. The van der Waals surface area contributed by atoms with Gasteiger partial charge in [0.2, 0.25) is 0 Å². The molecule has 4 atom stereocenters. The maximum atomic E-state index is 9.71. The molecule has 0 amide bonds. The Morgan fingerprint density at radius 3 is 2.94 bits per heavy atom. The Labute approximate surface area is 97.7 Å². The first-order valence-corrected chi connectivity index (χ1v) is 6.35. The van der Waals surface area contributed by atoms with E-state index in [1.165, 1.54) is 19.3 Å². The number of hydrogen-bond acceptors (Lipinski definition) is 4. The molecule has 4 heteroatoms. The molecule has 2 rings (SSSR count). The Morgan fingerprint density at radius 2 is 2.25 bits per heavy atom. The maximum Gasteiger partial charge on any atom is 0.0900 e. The molecule has 16 heavy (non-hydrogen) atoms. The van der Waals surface area contributed by atoms with Crippen LogP contribution < -0.4 is 5.73 Å². The zero-order valence-corrected chi connectivity index (χ0v) is 10.1. The van der Waals surface area contributed by atoms with E-state index >= 15 is 0 Å². The van der Waals surface area contributed by atoms with Crippen LogP contribution in [-0.2, 0) is 4.74 Å². The van der Waals surface area contributed by atoms with Crippen LogP contribution in [0.15, 0.2) is 0 Å². The van der Waals surface area contributed by atoms with Crippen molar-refractivity contribution in [3.63, 3.8) is 0 Å². The number of methoxy groups -OCH3 is 1. The van der Waals surface area contributed by atoms with Crippen LogP contribution in [0, 0.1) is 11.8 Å². The second-order valence-corrected chi connectivity index (χ2v) is 5.35. The van der Waals surface area contributed by atoms with E-state index < -0.39 is 0 Å². The minimum Gasteiger partial charge on any atom is -0.389 e. The fourth-order valence-corrected chi connectivity index (χ4v) is 3.30. The molecule has 3 N–H and O–H groups in total. The van der Waals surface area contributed by atoms with Gasteiger partial charge in [0.1, 0.15) is 0 Å². The number of aliphatic hydroxyl groups is 1. The van der Waals surface area contributed by atoms with Crippen molar-refractivity contribution in [1.29, 1.82) is 0 Å². The molecular formula is C12H24N2O2. The van der Waals surface area contributed by atoms with Gasteiger partial charge in [0.25, 0.3) is 0 Å². The Kier molecular flexibility index (Phi) is 4.19. The predicted molar refractivity (Wildman–Crippen MR) is 63.1 cm³/mol. The highest BCUT2D eigenvalue weighted by Gasteiger charge is 2.38. The minimum absolute atomic E-state index is 0.360. The van der Waals surface area contributed by atoms with Crippen molar-refractivity contribution in [2.75, 3.05) is 33.4 Å². The second kappa shape index (κ2) is 5.45. The summed E-state index contributed by atoms with van der Waals surface area (Å²) < 4.78 is 4.95. The third kappa shape index (κ3) is 2.74. The fourth-order valence-electron chi connectivity index (χ4n) is 3.30. The molecule has 0 radical (unpaired) electrons. The molecular weight excluding hydrogens is 204 g/mol. The summed E-state index contributed by atoms with van der Waals surface area (Å²) in [4.78, 5) is 2.35. The fraction of sp³-hybridized carbons (Fsp3) is 1.00. The highest BCUT2D eigenvalue weighted by Crippen LogP contribution is 2.35. The van der Waals surface area contributed by atoms with Gasteiger partial charge in [0.15, 0.2) is 0 Å². The number of nitrogens with zero attached hydrogens (tertiary/aromatic N) is 1. The molecule has 4 unspecified atom stereocenters. The van der Waals surface area contributed by atoms with Crippen molar-refractivity contribution >= 4 is 0 Å². The third-order valence-electron chi connectivity index (χ3n) is 4.06. The number of hydrogen-bond donors (Lipinski definition) is 2. The number of aliphatic hydroxyl groups excluding tert-OH is 1. The Balaban J connectivity index is 1.82. The first kappa shape index (κ1) is 12.3. The normalized spacial score (nSPS) is 37.3. The minimum atomic E-state index is -0.360. The van der Waals surface area contributed by atoms with Gasteiger partial charge in [-0.3, -0.25) is 0 Å². The van der Waals surface area contributed by atoms with E-state index in [-0.39, 0.29) is 6.10 Å². The third-order valence-corrected chi connectivity index (χ3v) is 4.06. The van der Waals surface area contributed by atoms with Crippen LogP contribution in [0.5, 0.6) is 0 Å². The molecule has 0 aromatic carbocycles. The Morgan fingerprint density at radius 1 is 1.44 bits per heavy atom. The van der Waals surface area contributed by atoms with Crippen molar-refractivity contribution in [1.82, 2.24) is 4.90 Å². The Bertz CT molecular complexity index is 225. The van der Waals surface area contributed by atoms with E-state index in [4.69, 9.17) is 10.5 Å². The van der Waals surface area contributed by atoms with Gasteiger partial charge in [0.05, 0.1) is 12.7 Å². The van der Waals surface area contributed by atoms with Gasteiger partial charge in [-0.2, -0.15) is 0 Å². The lowest BCUT2D eigenvalue weighted by Crippen LogP contribution is -2.38. The van der Waals surface area contributed by atoms with Crippen LogP contribution in [-0.4, -0.2) is 55.5 Å². The molecule has 1 aliphatic heterocycles. The first-order valence-electron chi connectivity index (χ1n) is 6.35. The van der Waals surface area contributed by atoms with Gasteiger partial charge in [0, 0.05) is 32.8 Å². The van der Waals surface area contributed by atoms with E-state index in [2.05, 4.69) is 4.90 Å². The number of nitrogens with two attached hydrogens (primary N) is 1. The molecule has 94 valence electrons. The molecule has 1 saturated carbocycles. The summed E-state index contributed by atoms with van der Waals surface area (Å²) in [6.07, 6.45) is 3.41. The van der Waals surface area contributed by atoms with Crippen molar-refractivity contribution in [3.05, 3.63) is 0 Å². The van der Waals surface area contributed by atoms with E-state index in [9.17, 15) is 5.11 Å². The van der Waals surface area contributed by atoms with Crippen molar-refractivity contribution < 1.29 is 9.84 Å². The molecule has 1 heterocycles. The smallest absolute Gasteiger partial charge is 0.0900 e. The summed E-state index contributed by atoms with van der Waals surface area (Å²) in [6.45, 7) is 3.33. The van der Waals surface area contributed by atoms with Crippen LogP contribution in [0.1, 0.15) is 19.3 Å². The molecule has 4 nitrogen and oxygen atoms in total. The quantitative estimate of drug-likeness (QED) is 0.714. The highest BCUT2D eigenvalue weighted by molar-refractivity contribution is 4.93. The van der Waals surface area contributed by atoms with E-state index in [1.54, 1.807) is 7.11 Å². The van der Waals surface area contributed by atoms with Crippen LogP contribution in [0.2, 0.25) is 0 Å². The molecule has 0 bridgehead atoms. The summed E-state index contributed by atoms with van der Waals surface area (Å²) >= 11 is 0. The lowest BCUT2D eigenvalue weighted by atomic mass is 9.78. The summed E-state index contributed by atoms with van der Waals surface area (Å²) in [5.41, 5.74) is 6.16. The van der Waals surface area contributed by atoms with Crippen LogP contribution >= 0.6 is 0 Å². The molecule has 1 aliphatic carbocycles. The number of fused-ring (bicyclic) bond motifs is 1. The van der Waals surface area contributed by atoms with Crippen molar-refractivity contribution in [3.8, 4) is 0 Å². The van der Waals surface area contributed by atoms with Gasteiger partial charge < -0.3 is 20.5 Å². The monoisotopic (exact) mass is 228 g/mol. The summed E-state index contributed by atoms with van der Waals surface area (Å²) in [6, 6.07) is 0.378. The lowest BCUT2D eigenvalue weighted by molar-refractivity contribution is 0.0416. The first-order chi connectivity index (χ1) is 7.70. The van der Waals surface area contributed by atoms with E-state index in [1.807, 2.05) is 0 Å².